The Balaban J connectivity index is 0.00000529. The number of hydrogen-bond donors (Lipinski definition) is 2. The van der Waals surface area contributed by atoms with E-state index in [9.17, 15) is 0 Å². The monoisotopic (exact) mass is 450 g/mol. The molecule has 1 aromatic rings. The molecular weight excluding hydrogens is 415 g/mol. The van der Waals surface area contributed by atoms with Crippen LogP contribution in [0.2, 0.25) is 0 Å². The van der Waals surface area contributed by atoms with E-state index in [0.29, 0.717) is 18.4 Å². The zero-order valence-corrected chi connectivity index (χ0v) is 18.3. The summed E-state index contributed by atoms with van der Waals surface area (Å²) in [4.78, 5) is 8.61. The fourth-order valence-corrected chi connectivity index (χ4v) is 2.46. The van der Waals surface area contributed by atoms with Gasteiger partial charge in [-0.25, -0.2) is 4.98 Å². The van der Waals surface area contributed by atoms with Gasteiger partial charge in [-0.3, -0.25) is 4.99 Å². The number of unbranched alkanes of at least 4 members (excludes halogenated alkanes) is 4. The first-order valence-electron chi connectivity index (χ1n) is 8.94. The molecular formula is C18H35IN4O. The van der Waals surface area contributed by atoms with Crippen LogP contribution in [0.3, 0.4) is 0 Å². The molecule has 1 rings (SSSR count). The Labute approximate surface area is 164 Å². The largest absolute Gasteiger partial charge is 0.444 e. The first-order valence-corrected chi connectivity index (χ1v) is 8.94. The second kappa shape index (κ2) is 13.5. The number of nitrogens with one attached hydrogen (secondary N) is 2. The number of guanidine groups is 1. The summed E-state index contributed by atoms with van der Waals surface area (Å²) in [7, 11) is 1.79. The van der Waals surface area contributed by atoms with E-state index in [1.807, 2.05) is 13.8 Å². The minimum Gasteiger partial charge on any atom is -0.444 e. The van der Waals surface area contributed by atoms with Crippen LogP contribution >= 0.6 is 24.0 Å². The first kappa shape index (κ1) is 23.2. The Morgan fingerprint density at radius 2 is 1.88 bits per heavy atom. The Kier molecular flexibility index (Phi) is 13.1. The molecule has 5 nitrogen and oxygen atoms in total. The molecule has 2 N–H and O–H groups in total. The van der Waals surface area contributed by atoms with Crippen LogP contribution in [0, 0.1) is 19.8 Å². The highest BCUT2D eigenvalue weighted by molar-refractivity contribution is 14.0. The van der Waals surface area contributed by atoms with Crippen molar-refractivity contribution in [3.63, 3.8) is 0 Å². The molecule has 0 aliphatic carbocycles. The molecule has 6 heteroatoms. The van der Waals surface area contributed by atoms with E-state index >= 15 is 0 Å². The fraction of sp³-hybridized carbons (Fsp3) is 0.778. The third-order valence-electron chi connectivity index (χ3n) is 4.12. The predicted molar refractivity (Wildman–Crippen MR) is 112 cm³/mol. The number of rotatable bonds is 10. The van der Waals surface area contributed by atoms with Gasteiger partial charge in [0.15, 0.2) is 5.96 Å². The van der Waals surface area contributed by atoms with E-state index in [4.69, 9.17) is 4.42 Å². The van der Waals surface area contributed by atoms with Crippen molar-refractivity contribution in [2.24, 2.45) is 10.9 Å². The van der Waals surface area contributed by atoms with E-state index in [-0.39, 0.29) is 24.0 Å². The molecule has 0 bridgehead atoms. The van der Waals surface area contributed by atoms with Gasteiger partial charge in [-0.15, -0.1) is 24.0 Å². The molecule has 1 unspecified atom stereocenters. The van der Waals surface area contributed by atoms with Crippen molar-refractivity contribution in [2.75, 3.05) is 13.6 Å². The zero-order valence-electron chi connectivity index (χ0n) is 15.9. The third-order valence-corrected chi connectivity index (χ3v) is 4.12. The molecule has 0 fully saturated rings. The maximum Gasteiger partial charge on any atom is 0.214 e. The molecule has 0 amide bonds. The van der Waals surface area contributed by atoms with Gasteiger partial charge in [-0.2, -0.15) is 0 Å². The summed E-state index contributed by atoms with van der Waals surface area (Å²) >= 11 is 0. The molecule has 0 aliphatic rings. The predicted octanol–water partition coefficient (Wildman–Crippen LogP) is 4.57. The molecule has 0 saturated heterocycles. The van der Waals surface area contributed by atoms with Crippen molar-refractivity contribution in [3.8, 4) is 0 Å². The minimum atomic E-state index is 0. The van der Waals surface area contributed by atoms with E-state index in [0.717, 1.165) is 24.0 Å². The van der Waals surface area contributed by atoms with Crippen LogP contribution in [0.1, 0.15) is 69.7 Å². The Morgan fingerprint density at radius 3 is 2.46 bits per heavy atom. The molecule has 0 saturated carbocycles. The maximum atomic E-state index is 5.56. The highest BCUT2D eigenvalue weighted by atomic mass is 127. The highest BCUT2D eigenvalue weighted by Crippen LogP contribution is 2.11. The van der Waals surface area contributed by atoms with Gasteiger partial charge in [0.2, 0.25) is 5.89 Å². The van der Waals surface area contributed by atoms with E-state index in [1.165, 1.54) is 38.5 Å². The second-order valence-electron chi connectivity index (χ2n) is 6.36. The van der Waals surface area contributed by atoms with Gasteiger partial charge in [-0.05, 0) is 26.2 Å². The molecule has 0 aromatic carbocycles. The van der Waals surface area contributed by atoms with Crippen molar-refractivity contribution in [3.05, 3.63) is 17.3 Å². The van der Waals surface area contributed by atoms with Gasteiger partial charge in [-0.1, -0.05) is 46.0 Å². The summed E-state index contributed by atoms with van der Waals surface area (Å²) in [5.41, 5.74) is 0.946. The SMILES string of the molecule is CCCCCCCC(C)CNC(=NC)NCc1nc(C)c(C)o1.I. The van der Waals surface area contributed by atoms with Gasteiger partial charge in [0.05, 0.1) is 12.2 Å². The quantitative estimate of drug-likeness (QED) is 0.237. The fourth-order valence-electron chi connectivity index (χ4n) is 2.46. The van der Waals surface area contributed by atoms with Crippen LogP contribution in [-0.4, -0.2) is 24.5 Å². The Hall–Kier alpha value is -0.790. The van der Waals surface area contributed by atoms with Crippen LogP contribution < -0.4 is 10.6 Å². The highest BCUT2D eigenvalue weighted by Gasteiger charge is 2.07. The maximum absolute atomic E-state index is 5.56. The number of halogens is 1. The number of hydrogen-bond acceptors (Lipinski definition) is 3. The summed E-state index contributed by atoms with van der Waals surface area (Å²) in [5.74, 6) is 3.03. The molecule has 1 atom stereocenters. The molecule has 140 valence electrons. The van der Waals surface area contributed by atoms with Crippen molar-refractivity contribution >= 4 is 29.9 Å². The number of oxazole rings is 1. The van der Waals surface area contributed by atoms with Gasteiger partial charge < -0.3 is 15.1 Å². The summed E-state index contributed by atoms with van der Waals surface area (Å²) in [5, 5.41) is 6.63. The molecule has 0 aliphatic heterocycles. The summed E-state index contributed by atoms with van der Waals surface area (Å²) in [6, 6.07) is 0. The number of aliphatic imine (C=N–C) groups is 1. The lowest BCUT2D eigenvalue weighted by molar-refractivity contribution is 0.459. The average Bonchev–Trinajstić information content (AvgIpc) is 2.85. The van der Waals surface area contributed by atoms with E-state index in [1.54, 1.807) is 7.05 Å². The van der Waals surface area contributed by atoms with E-state index < -0.39 is 0 Å². The van der Waals surface area contributed by atoms with E-state index in [2.05, 4.69) is 34.5 Å². The minimum absolute atomic E-state index is 0. The van der Waals surface area contributed by atoms with Gasteiger partial charge in [0, 0.05) is 13.6 Å². The van der Waals surface area contributed by atoms with Gasteiger partial charge in [0.1, 0.15) is 5.76 Å². The first-order chi connectivity index (χ1) is 11.1. The van der Waals surface area contributed by atoms with Crippen LogP contribution in [-0.2, 0) is 6.54 Å². The molecule has 1 aromatic heterocycles. The average molecular weight is 450 g/mol. The van der Waals surface area contributed by atoms with Gasteiger partial charge >= 0.3 is 0 Å². The molecule has 1 heterocycles. The topological polar surface area (TPSA) is 62.5 Å². The third kappa shape index (κ3) is 9.49. The lowest BCUT2D eigenvalue weighted by Gasteiger charge is -2.15. The second-order valence-corrected chi connectivity index (χ2v) is 6.36. The number of nitrogens with zero attached hydrogens (tertiary/aromatic N) is 2. The van der Waals surface area contributed by atoms with Crippen LogP contribution in [0.5, 0.6) is 0 Å². The van der Waals surface area contributed by atoms with Crippen molar-refractivity contribution < 1.29 is 4.42 Å². The van der Waals surface area contributed by atoms with Crippen LogP contribution in [0.25, 0.3) is 0 Å². The Morgan fingerprint density at radius 1 is 1.17 bits per heavy atom. The van der Waals surface area contributed by atoms with Crippen molar-refractivity contribution in [1.82, 2.24) is 15.6 Å². The van der Waals surface area contributed by atoms with Crippen LogP contribution in [0.4, 0.5) is 0 Å². The standard InChI is InChI=1S/C18H34N4O.HI/c1-6-7-8-9-10-11-14(2)12-20-18(19-5)21-13-17-22-15(3)16(4)23-17;/h14H,6-13H2,1-5H3,(H2,19,20,21);1H. The summed E-state index contributed by atoms with van der Waals surface area (Å²) in [6.45, 7) is 9.93. The Bertz CT molecular complexity index is 454. The van der Waals surface area contributed by atoms with Crippen LogP contribution in [0.15, 0.2) is 9.41 Å². The molecule has 0 radical (unpaired) electrons. The molecule has 0 spiro atoms. The smallest absolute Gasteiger partial charge is 0.214 e. The number of aryl methyl sites for hydroxylation is 2. The summed E-state index contributed by atoms with van der Waals surface area (Å²) < 4.78 is 5.56. The molecule has 24 heavy (non-hydrogen) atoms. The lowest BCUT2D eigenvalue weighted by Crippen LogP contribution is -2.39. The van der Waals surface area contributed by atoms with Gasteiger partial charge in [0.25, 0.3) is 0 Å². The normalized spacial score (nSPS) is 12.6. The van der Waals surface area contributed by atoms with Crippen molar-refractivity contribution in [2.45, 2.75) is 72.8 Å². The summed E-state index contributed by atoms with van der Waals surface area (Å²) in [6.07, 6.45) is 7.99. The lowest BCUT2D eigenvalue weighted by atomic mass is 10.0. The number of aromatic nitrogens is 1. The zero-order chi connectivity index (χ0) is 17.1. The van der Waals surface area contributed by atoms with Crippen molar-refractivity contribution in [1.29, 1.82) is 0 Å².